The number of nitro benzene ring substituents is 1. The van der Waals surface area contributed by atoms with E-state index in [0.29, 0.717) is 32.1 Å². The van der Waals surface area contributed by atoms with Crippen molar-refractivity contribution in [2.45, 2.75) is 63.9 Å². The SMILES string of the molecule is Cc1cc(C)nc(Sc2ccc(C=Nc3sc4c(c3C#N)CC[C@H](C(C)(C)C)C4)cc2[N+](=O)[O-])n1. The Morgan fingerprint density at radius 3 is 2.60 bits per heavy atom. The molecule has 180 valence electrons. The lowest BCUT2D eigenvalue weighted by Gasteiger charge is -2.33. The minimum atomic E-state index is -0.403. The second kappa shape index (κ2) is 9.88. The number of nitrogens with zero attached hydrogens (tertiary/aromatic N) is 5. The predicted molar refractivity (Wildman–Crippen MR) is 140 cm³/mol. The number of aryl methyl sites for hydroxylation is 2. The molecule has 1 atom stereocenters. The number of aliphatic imine (C=N–C) groups is 1. The average Bonchev–Trinajstić information content (AvgIpc) is 3.13. The predicted octanol–water partition coefficient (Wildman–Crippen LogP) is 6.99. The average molecular weight is 506 g/mol. The second-order valence-electron chi connectivity index (χ2n) is 9.88. The van der Waals surface area contributed by atoms with Gasteiger partial charge in [0.1, 0.15) is 11.1 Å². The molecule has 7 nitrogen and oxygen atoms in total. The van der Waals surface area contributed by atoms with Gasteiger partial charge in [0.25, 0.3) is 5.69 Å². The van der Waals surface area contributed by atoms with Crippen LogP contribution >= 0.6 is 23.1 Å². The molecule has 0 radical (unpaired) electrons. The summed E-state index contributed by atoms with van der Waals surface area (Å²) < 4.78 is 0. The fourth-order valence-electron chi connectivity index (χ4n) is 4.33. The third-order valence-corrected chi connectivity index (χ3v) is 8.35. The third-order valence-electron chi connectivity index (χ3n) is 6.26. The Morgan fingerprint density at radius 1 is 1.26 bits per heavy atom. The van der Waals surface area contributed by atoms with Crippen molar-refractivity contribution in [3.63, 3.8) is 0 Å². The maximum atomic E-state index is 11.8. The summed E-state index contributed by atoms with van der Waals surface area (Å²) >= 11 is 2.74. The van der Waals surface area contributed by atoms with Gasteiger partial charge in [-0.25, -0.2) is 15.0 Å². The van der Waals surface area contributed by atoms with Crippen LogP contribution in [0.5, 0.6) is 0 Å². The van der Waals surface area contributed by atoms with Gasteiger partial charge >= 0.3 is 0 Å². The van der Waals surface area contributed by atoms with Crippen LogP contribution in [0.4, 0.5) is 10.7 Å². The van der Waals surface area contributed by atoms with Crippen molar-refractivity contribution in [2.24, 2.45) is 16.3 Å². The third kappa shape index (κ3) is 5.60. The molecule has 0 amide bonds. The van der Waals surface area contributed by atoms with Crippen LogP contribution in [0.15, 0.2) is 39.3 Å². The monoisotopic (exact) mass is 505 g/mol. The summed E-state index contributed by atoms with van der Waals surface area (Å²) in [4.78, 5) is 26.4. The molecule has 0 bridgehead atoms. The van der Waals surface area contributed by atoms with E-state index in [1.54, 1.807) is 29.7 Å². The zero-order valence-electron chi connectivity index (χ0n) is 20.5. The van der Waals surface area contributed by atoms with Gasteiger partial charge in [0.2, 0.25) is 0 Å². The first-order chi connectivity index (χ1) is 16.5. The lowest BCUT2D eigenvalue weighted by Crippen LogP contribution is -2.26. The Bertz CT molecular complexity index is 1350. The normalized spacial score (nSPS) is 15.7. The van der Waals surface area contributed by atoms with E-state index in [9.17, 15) is 15.4 Å². The number of rotatable bonds is 5. The highest BCUT2D eigenvalue weighted by atomic mass is 32.2. The smallest absolute Gasteiger partial charge is 0.258 e. The second-order valence-corrected chi connectivity index (χ2v) is 12.0. The summed E-state index contributed by atoms with van der Waals surface area (Å²) in [5.41, 5.74) is 4.18. The maximum Gasteiger partial charge on any atom is 0.283 e. The zero-order valence-corrected chi connectivity index (χ0v) is 22.1. The summed E-state index contributed by atoms with van der Waals surface area (Å²) in [5, 5.41) is 22.7. The Morgan fingerprint density at radius 2 is 1.97 bits per heavy atom. The Labute approximate surface area is 213 Å². The van der Waals surface area contributed by atoms with Crippen LogP contribution in [-0.4, -0.2) is 21.1 Å². The molecule has 0 saturated heterocycles. The molecule has 3 aromatic rings. The van der Waals surface area contributed by atoms with Crippen LogP contribution in [0.1, 0.15) is 60.1 Å². The molecule has 1 aliphatic rings. The van der Waals surface area contributed by atoms with Crippen molar-refractivity contribution in [2.75, 3.05) is 0 Å². The van der Waals surface area contributed by atoms with Crippen LogP contribution in [0, 0.1) is 46.6 Å². The molecular weight excluding hydrogens is 478 g/mol. The van der Waals surface area contributed by atoms with E-state index >= 15 is 0 Å². The van der Waals surface area contributed by atoms with E-state index in [1.807, 2.05) is 19.9 Å². The molecule has 1 aliphatic carbocycles. The van der Waals surface area contributed by atoms with Gasteiger partial charge in [-0.1, -0.05) is 26.8 Å². The molecule has 35 heavy (non-hydrogen) atoms. The Balaban J connectivity index is 1.61. The van der Waals surface area contributed by atoms with Crippen molar-refractivity contribution in [3.05, 3.63) is 67.3 Å². The quantitative estimate of drug-likeness (QED) is 0.160. The zero-order chi connectivity index (χ0) is 25.3. The first-order valence-electron chi connectivity index (χ1n) is 11.4. The van der Waals surface area contributed by atoms with E-state index in [4.69, 9.17) is 0 Å². The molecule has 0 N–H and O–H groups in total. The van der Waals surface area contributed by atoms with Gasteiger partial charge < -0.3 is 0 Å². The topological polar surface area (TPSA) is 105 Å². The van der Waals surface area contributed by atoms with Crippen LogP contribution < -0.4 is 0 Å². The van der Waals surface area contributed by atoms with Crippen molar-refractivity contribution >= 4 is 40.0 Å². The highest BCUT2D eigenvalue weighted by Crippen LogP contribution is 2.45. The number of benzene rings is 1. The number of hydrogen-bond donors (Lipinski definition) is 0. The van der Waals surface area contributed by atoms with Gasteiger partial charge in [0.15, 0.2) is 5.16 Å². The molecule has 0 unspecified atom stereocenters. The summed E-state index contributed by atoms with van der Waals surface area (Å²) in [6.07, 6.45) is 4.53. The number of thiophene rings is 1. The van der Waals surface area contributed by atoms with Gasteiger partial charge in [0, 0.05) is 28.5 Å². The number of hydrogen-bond acceptors (Lipinski definition) is 8. The van der Waals surface area contributed by atoms with Crippen LogP contribution in [0.25, 0.3) is 0 Å². The van der Waals surface area contributed by atoms with Gasteiger partial charge in [0.05, 0.1) is 15.4 Å². The first kappa shape index (κ1) is 25.0. The summed E-state index contributed by atoms with van der Waals surface area (Å²) in [7, 11) is 0. The Hall–Kier alpha value is -3.09. The number of nitro groups is 1. The van der Waals surface area contributed by atoms with E-state index in [-0.39, 0.29) is 11.1 Å². The highest BCUT2D eigenvalue weighted by molar-refractivity contribution is 7.99. The Kier molecular flexibility index (Phi) is 7.06. The molecule has 0 saturated carbocycles. The van der Waals surface area contributed by atoms with Crippen LogP contribution in [0.2, 0.25) is 0 Å². The van der Waals surface area contributed by atoms with Crippen molar-refractivity contribution in [3.8, 4) is 6.07 Å². The summed E-state index contributed by atoms with van der Waals surface area (Å²) in [5.74, 6) is 0.575. The van der Waals surface area contributed by atoms with Gasteiger partial charge in [-0.15, -0.1) is 11.3 Å². The van der Waals surface area contributed by atoms with E-state index in [1.165, 1.54) is 22.7 Å². The molecule has 2 heterocycles. The molecular formula is C26H27N5O2S2. The maximum absolute atomic E-state index is 11.8. The lowest BCUT2D eigenvalue weighted by molar-refractivity contribution is -0.387. The fraction of sp³-hybridized carbons (Fsp3) is 0.385. The van der Waals surface area contributed by atoms with Crippen LogP contribution in [-0.2, 0) is 12.8 Å². The first-order valence-corrected chi connectivity index (χ1v) is 13.1. The van der Waals surface area contributed by atoms with Gasteiger partial charge in [-0.05, 0) is 79.5 Å². The number of fused-ring (bicyclic) bond motifs is 1. The molecule has 9 heteroatoms. The number of aromatic nitrogens is 2. The summed E-state index contributed by atoms with van der Waals surface area (Å²) in [6, 6.07) is 9.19. The number of nitriles is 1. The molecule has 0 fully saturated rings. The van der Waals surface area contributed by atoms with E-state index in [0.717, 1.165) is 36.2 Å². The molecule has 0 spiro atoms. The minimum Gasteiger partial charge on any atom is -0.258 e. The summed E-state index contributed by atoms with van der Waals surface area (Å²) in [6.45, 7) is 10.5. The molecule has 2 aromatic heterocycles. The molecule has 1 aromatic carbocycles. The van der Waals surface area contributed by atoms with Crippen LogP contribution in [0.3, 0.4) is 0 Å². The minimum absolute atomic E-state index is 0.0271. The van der Waals surface area contributed by atoms with Gasteiger partial charge in [-0.2, -0.15) is 5.26 Å². The van der Waals surface area contributed by atoms with E-state index in [2.05, 4.69) is 41.8 Å². The van der Waals surface area contributed by atoms with Crippen molar-refractivity contribution in [1.82, 2.24) is 9.97 Å². The molecule has 4 rings (SSSR count). The van der Waals surface area contributed by atoms with E-state index < -0.39 is 4.92 Å². The highest BCUT2D eigenvalue weighted by Gasteiger charge is 2.32. The molecule has 0 aliphatic heterocycles. The standard InChI is InChI=1S/C26H27N5O2S2/c1-15-10-16(2)30-25(29-15)35-22-9-6-17(11-21(22)31(32)33)14-28-24-20(13-27)19-8-7-18(26(3,4)5)12-23(19)34-24/h6,9-11,14,18H,7-8,12H2,1-5H3/t18-/m0/s1. The lowest BCUT2D eigenvalue weighted by atomic mass is 9.72. The van der Waals surface area contributed by atoms with Gasteiger partial charge in [-0.3, -0.25) is 10.1 Å². The van der Waals surface area contributed by atoms with Crippen molar-refractivity contribution < 1.29 is 4.92 Å². The fourth-order valence-corrected chi connectivity index (χ4v) is 6.50. The largest absolute Gasteiger partial charge is 0.283 e. The van der Waals surface area contributed by atoms with Crippen molar-refractivity contribution in [1.29, 1.82) is 5.26 Å².